The lowest BCUT2D eigenvalue weighted by atomic mass is 9.91. The molecule has 1 fully saturated rings. The number of fused-ring (bicyclic) bond motifs is 1. The zero-order chi connectivity index (χ0) is 22.5. The predicted octanol–water partition coefficient (Wildman–Crippen LogP) is 4.22. The molecule has 0 aliphatic heterocycles. The molecule has 0 spiro atoms. The number of nitrogens with zero attached hydrogens (tertiary/aromatic N) is 3. The molecule has 32 heavy (non-hydrogen) atoms. The molecule has 1 saturated carbocycles. The highest BCUT2D eigenvalue weighted by Gasteiger charge is 2.22. The molecule has 8 heteroatoms. The van der Waals surface area contributed by atoms with E-state index in [9.17, 15) is 4.39 Å². The van der Waals surface area contributed by atoms with Gasteiger partial charge in [0, 0.05) is 43.7 Å². The second kappa shape index (κ2) is 10.1. The fraction of sp³-hybridized carbons (Fsp3) is 0.375. The largest absolute Gasteiger partial charge is 0.362 e. The maximum atomic E-state index is 13.8. The normalized spacial score (nSPS) is 18.2. The van der Waals surface area contributed by atoms with E-state index in [0.29, 0.717) is 35.3 Å². The summed E-state index contributed by atoms with van der Waals surface area (Å²) in [5.41, 5.74) is 1.55. The maximum absolute atomic E-state index is 13.8. The highest BCUT2D eigenvalue weighted by Crippen LogP contribution is 2.26. The molecule has 1 heterocycles. The summed E-state index contributed by atoms with van der Waals surface area (Å²) in [6.45, 7) is 0.378. The molecule has 6 nitrogen and oxygen atoms in total. The monoisotopic (exact) mass is 452 g/mol. The lowest BCUT2D eigenvalue weighted by molar-refractivity contribution is 0.385. The Hall–Kier alpha value is -3.00. The van der Waals surface area contributed by atoms with E-state index in [1.54, 1.807) is 12.1 Å². The van der Waals surface area contributed by atoms with Crippen LogP contribution in [-0.4, -0.2) is 41.3 Å². The topological polar surface area (TPSA) is 65.1 Å². The first-order valence-electron chi connectivity index (χ1n) is 11.0. The van der Waals surface area contributed by atoms with Gasteiger partial charge in [-0.2, -0.15) is 4.98 Å². The highest BCUT2D eigenvalue weighted by atomic mass is 32.1. The van der Waals surface area contributed by atoms with E-state index in [-0.39, 0.29) is 5.82 Å². The van der Waals surface area contributed by atoms with E-state index in [4.69, 9.17) is 22.2 Å². The minimum absolute atomic E-state index is 0.220. The highest BCUT2D eigenvalue weighted by molar-refractivity contribution is 7.80. The van der Waals surface area contributed by atoms with Crippen molar-refractivity contribution < 1.29 is 4.39 Å². The van der Waals surface area contributed by atoms with Gasteiger partial charge in [0.15, 0.2) is 5.11 Å². The van der Waals surface area contributed by atoms with Gasteiger partial charge in [0.1, 0.15) is 11.6 Å². The standard InChI is InChI=1S/C24H29FN6S/c1-31(2)22-19-8-4-6-10-21(19)29-23(30-22)27-17-11-13-18(14-12-17)28-24(32)26-15-16-7-3-5-9-20(16)25/h3-10,17-18H,11-15H2,1-2H3,(H2,26,28,32)(H,27,29,30). The van der Waals surface area contributed by atoms with Crippen molar-refractivity contribution >= 4 is 40.0 Å². The van der Waals surface area contributed by atoms with Crippen LogP contribution in [0.3, 0.4) is 0 Å². The quantitative estimate of drug-likeness (QED) is 0.484. The van der Waals surface area contributed by atoms with Crippen LogP contribution < -0.4 is 20.9 Å². The Kier molecular flexibility index (Phi) is 6.99. The summed E-state index contributed by atoms with van der Waals surface area (Å²) in [5, 5.41) is 11.6. The summed E-state index contributed by atoms with van der Waals surface area (Å²) in [7, 11) is 4.00. The zero-order valence-electron chi connectivity index (χ0n) is 18.4. The average molecular weight is 453 g/mol. The van der Waals surface area contributed by atoms with Crippen LogP contribution in [0.1, 0.15) is 31.2 Å². The third-order valence-electron chi connectivity index (χ3n) is 5.80. The van der Waals surface area contributed by atoms with E-state index in [2.05, 4.69) is 22.0 Å². The van der Waals surface area contributed by atoms with Crippen molar-refractivity contribution in [3.05, 3.63) is 59.9 Å². The number of aromatic nitrogens is 2. The molecule has 1 aliphatic carbocycles. The Morgan fingerprint density at radius 1 is 1.00 bits per heavy atom. The molecule has 2 aromatic carbocycles. The van der Waals surface area contributed by atoms with Gasteiger partial charge in [-0.05, 0) is 56.1 Å². The van der Waals surface area contributed by atoms with Crippen molar-refractivity contribution in [3.8, 4) is 0 Å². The third kappa shape index (κ3) is 5.43. The van der Waals surface area contributed by atoms with Gasteiger partial charge < -0.3 is 20.9 Å². The average Bonchev–Trinajstić information content (AvgIpc) is 2.79. The van der Waals surface area contributed by atoms with Gasteiger partial charge >= 0.3 is 0 Å². The number of rotatable bonds is 6. The smallest absolute Gasteiger partial charge is 0.225 e. The minimum Gasteiger partial charge on any atom is -0.362 e. The third-order valence-corrected chi connectivity index (χ3v) is 6.06. The van der Waals surface area contributed by atoms with Crippen LogP contribution in [0.5, 0.6) is 0 Å². The number of thiocarbonyl (C=S) groups is 1. The fourth-order valence-electron chi connectivity index (χ4n) is 4.08. The molecular formula is C24H29FN6S. The predicted molar refractivity (Wildman–Crippen MR) is 133 cm³/mol. The van der Waals surface area contributed by atoms with Crippen LogP contribution in [-0.2, 0) is 6.54 Å². The van der Waals surface area contributed by atoms with Crippen LogP contribution in [0.25, 0.3) is 10.9 Å². The van der Waals surface area contributed by atoms with Crippen LogP contribution in [0.15, 0.2) is 48.5 Å². The van der Waals surface area contributed by atoms with Crippen LogP contribution in [0.2, 0.25) is 0 Å². The van der Waals surface area contributed by atoms with Crippen molar-refractivity contribution in [1.82, 2.24) is 20.6 Å². The molecule has 1 aromatic heterocycles. The number of para-hydroxylation sites is 1. The summed E-state index contributed by atoms with van der Waals surface area (Å²) in [6.07, 6.45) is 3.99. The van der Waals surface area contributed by atoms with E-state index >= 15 is 0 Å². The van der Waals surface area contributed by atoms with Gasteiger partial charge in [-0.1, -0.05) is 30.3 Å². The van der Waals surface area contributed by atoms with Gasteiger partial charge in [0.25, 0.3) is 0 Å². The Morgan fingerprint density at radius 3 is 2.44 bits per heavy atom. The lowest BCUT2D eigenvalue weighted by Crippen LogP contribution is -2.44. The van der Waals surface area contributed by atoms with Gasteiger partial charge in [-0.3, -0.25) is 0 Å². The summed E-state index contributed by atoms with van der Waals surface area (Å²) in [4.78, 5) is 11.5. The van der Waals surface area contributed by atoms with Crippen molar-refractivity contribution in [2.75, 3.05) is 24.3 Å². The van der Waals surface area contributed by atoms with Crippen LogP contribution >= 0.6 is 12.2 Å². The minimum atomic E-state index is -0.220. The van der Waals surface area contributed by atoms with E-state index < -0.39 is 0 Å². The van der Waals surface area contributed by atoms with Crippen LogP contribution in [0.4, 0.5) is 16.2 Å². The molecule has 3 aromatic rings. The molecule has 3 N–H and O–H groups in total. The molecule has 4 rings (SSSR count). The second-order valence-electron chi connectivity index (χ2n) is 8.39. The van der Waals surface area contributed by atoms with Gasteiger partial charge in [0.2, 0.25) is 5.95 Å². The first-order valence-corrected chi connectivity index (χ1v) is 11.4. The van der Waals surface area contributed by atoms with E-state index in [1.807, 2.05) is 43.3 Å². The molecule has 0 saturated heterocycles. The number of hydrogen-bond donors (Lipinski definition) is 3. The number of hydrogen-bond acceptors (Lipinski definition) is 5. The molecule has 0 radical (unpaired) electrons. The summed E-state index contributed by atoms with van der Waals surface area (Å²) in [6, 6.07) is 15.4. The number of nitrogens with one attached hydrogen (secondary N) is 3. The molecular weight excluding hydrogens is 423 g/mol. The number of benzene rings is 2. The van der Waals surface area contributed by atoms with Gasteiger partial charge in [0.05, 0.1) is 5.52 Å². The van der Waals surface area contributed by atoms with Crippen LogP contribution in [0, 0.1) is 5.82 Å². The van der Waals surface area contributed by atoms with Crippen molar-refractivity contribution in [3.63, 3.8) is 0 Å². The Morgan fingerprint density at radius 2 is 1.69 bits per heavy atom. The molecule has 0 atom stereocenters. The Balaban J connectivity index is 1.29. The molecule has 0 amide bonds. The zero-order valence-corrected chi connectivity index (χ0v) is 19.3. The molecule has 168 valence electrons. The summed E-state index contributed by atoms with van der Waals surface area (Å²) < 4.78 is 13.8. The van der Waals surface area contributed by atoms with Gasteiger partial charge in [-0.25, -0.2) is 9.37 Å². The summed E-state index contributed by atoms with van der Waals surface area (Å²) >= 11 is 5.41. The lowest BCUT2D eigenvalue weighted by Gasteiger charge is -2.30. The fourth-order valence-corrected chi connectivity index (χ4v) is 4.32. The first kappa shape index (κ1) is 22.2. The first-order chi connectivity index (χ1) is 15.5. The van der Waals surface area contributed by atoms with Crippen molar-refractivity contribution in [2.45, 2.75) is 44.3 Å². The van der Waals surface area contributed by atoms with E-state index in [1.165, 1.54) is 6.07 Å². The van der Waals surface area contributed by atoms with Gasteiger partial charge in [-0.15, -0.1) is 0 Å². The second-order valence-corrected chi connectivity index (χ2v) is 8.80. The number of anilines is 2. The maximum Gasteiger partial charge on any atom is 0.225 e. The van der Waals surface area contributed by atoms with Crippen molar-refractivity contribution in [2.24, 2.45) is 0 Å². The SMILES string of the molecule is CN(C)c1nc(NC2CCC(NC(=S)NCc3ccccc3F)CC2)nc2ccccc12. The Bertz CT molecular complexity index is 1080. The Labute approximate surface area is 193 Å². The molecule has 1 aliphatic rings. The van der Waals surface area contributed by atoms with Crippen molar-refractivity contribution in [1.29, 1.82) is 0 Å². The number of halogens is 1. The summed E-state index contributed by atoms with van der Waals surface area (Å²) in [5.74, 6) is 1.37. The van der Waals surface area contributed by atoms with E-state index in [0.717, 1.165) is 42.4 Å². The molecule has 0 unspecified atom stereocenters. The molecule has 0 bridgehead atoms.